The number of fused-ring (bicyclic) bond motifs is 1. The molecule has 0 atom stereocenters. The highest BCUT2D eigenvalue weighted by atomic mass is 16.2. The lowest BCUT2D eigenvalue weighted by molar-refractivity contribution is -0.122. The van der Waals surface area contributed by atoms with Crippen molar-refractivity contribution in [3.63, 3.8) is 0 Å². The number of carbonyl (C=O) groups excluding carboxylic acids is 2. The van der Waals surface area contributed by atoms with E-state index in [-0.39, 0.29) is 18.1 Å². The lowest BCUT2D eigenvalue weighted by atomic mass is 10.1. The molecule has 0 saturated carbocycles. The van der Waals surface area contributed by atoms with E-state index < -0.39 is 11.5 Å². The van der Waals surface area contributed by atoms with Crippen LogP contribution in [0, 0.1) is 0 Å². The van der Waals surface area contributed by atoms with Crippen LogP contribution in [0.4, 0.5) is 0 Å². The quantitative estimate of drug-likeness (QED) is 0.602. The van der Waals surface area contributed by atoms with Crippen LogP contribution in [0.3, 0.4) is 0 Å². The van der Waals surface area contributed by atoms with Crippen molar-refractivity contribution in [2.45, 2.75) is 32.5 Å². The molecule has 31 heavy (non-hydrogen) atoms. The number of rotatable bonds is 7. The molecule has 8 heteroatoms. The summed E-state index contributed by atoms with van der Waals surface area (Å²) in [6.45, 7) is 3.12. The van der Waals surface area contributed by atoms with Crippen LogP contribution in [0.25, 0.3) is 10.8 Å². The van der Waals surface area contributed by atoms with Crippen LogP contribution >= 0.6 is 0 Å². The average Bonchev–Trinajstić information content (AvgIpc) is 3.28. The topological polar surface area (TPSA) is 110 Å². The van der Waals surface area contributed by atoms with E-state index in [1.165, 1.54) is 18.4 Å². The van der Waals surface area contributed by atoms with E-state index in [0.717, 1.165) is 29.9 Å². The predicted molar refractivity (Wildman–Crippen MR) is 117 cm³/mol. The standard InChI is InChI=1S/C23H25N5O3/c24-22(30)21-18-9-3-4-10-19(18)23(31)28(26-21)15-20(29)25-13-16-7-1-2-8-17(16)14-27-11-5-6-12-27/h1-4,7-10H,5-6,11-15H2,(H2,24,30)(H,25,29). The summed E-state index contributed by atoms with van der Waals surface area (Å²) in [7, 11) is 0. The lowest BCUT2D eigenvalue weighted by Crippen LogP contribution is -2.35. The van der Waals surface area contributed by atoms with Crippen molar-refractivity contribution in [2.24, 2.45) is 5.73 Å². The predicted octanol–water partition coefficient (Wildman–Crippen LogP) is 1.41. The molecule has 1 saturated heterocycles. The van der Waals surface area contributed by atoms with Gasteiger partial charge in [0.1, 0.15) is 6.54 Å². The minimum Gasteiger partial charge on any atom is -0.364 e. The molecule has 2 aromatic carbocycles. The maximum absolute atomic E-state index is 12.7. The number of carbonyl (C=O) groups is 2. The summed E-state index contributed by atoms with van der Waals surface area (Å²) in [5.41, 5.74) is 7.18. The maximum Gasteiger partial charge on any atom is 0.275 e. The Balaban J connectivity index is 1.49. The minimum atomic E-state index is -0.749. The zero-order valence-electron chi connectivity index (χ0n) is 17.2. The highest BCUT2D eigenvalue weighted by molar-refractivity contribution is 6.04. The number of nitrogens with one attached hydrogen (secondary N) is 1. The molecule has 3 aromatic rings. The van der Waals surface area contributed by atoms with Crippen LogP contribution < -0.4 is 16.6 Å². The molecule has 2 heterocycles. The molecule has 8 nitrogen and oxygen atoms in total. The first kappa shape index (κ1) is 20.7. The molecule has 1 aliphatic rings. The number of benzene rings is 2. The summed E-state index contributed by atoms with van der Waals surface area (Å²) in [4.78, 5) is 39.5. The molecule has 1 aromatic heterocycles. The Labute approximate surface area is 179 Å². The average molecular weight is 419 g/mol. The molecular formula is C23H25N5O3. The van der Waals surface area contributed by atoms with Crippen molar-refractivity contribution in [2.75, 3.05) is 13.1 Å². The number of primary amides is 1. The molecule has 0 aliphatic carbocycles. The van der Waals surface area contributed by atoms with Gasteiger partial charge in [-0.15, -0.1) is 0 Å². The van der Waals surface area contributed by atoms with Crippen molar-refractivity contribution in [1.82, 2.24) is 20.0 Å². The van der Waals surface area contributed by atoms with Crippen LogP contribution in [0.5, 0.6) is 0 Å². The monoisotopic (exact) mass is 419 g/mol. The summed E-state index contributed by atoms with van der Waals surface area (Å²) in [6, 6.07) is 14.6. The molecule has 0 bridgehead atoms. The van der Waals surface area contributed by atoms with Gasteiger partial charge in [0.05, 0.1) is 5.39 Å². The number of nitrogens with two attached hydrogens (primary N) is 1. The summed E-state index contributed by atoms with van der Waals surface area (Å²) in [5.74, 6) is -1.11. The lowest BCUT2D eigenvalue weighted by Gasteiger charge is -2.18. The normalized spacial score (nSPS) is 14.1. The summed E-state index contributed by atoms with van der Waals surface area (Å²) in [5, 5.41) is 7.59. The van der Waals surface area contributed by atoms with Gasteiger partial charge >= 0.3 is 0 Å². The van der Waals surface area contributed by atoms with E-state index in [1.807, 2.05) is 18.2 Å². The van der Waals surface area contributed by atoms with Gasteiger partial charge < -0.3 is 11.1 Å². The van der Waals surface area contributed by atoms with E-state index in [0.29, 0.717) is 17.3 Å². The molecule has 1 fully saturated rings. The van der Waals surface area contributed by atoms with Crippen LogP contribution in [0.1, 0.15) is 34.5 Å². The third-order valence-electron chi connectivity index (χ3n) is 5.58. The molecular weight excluding hydrogens is 394 g/mol. The van der Waals surface area contributed by atoms with Crippen molar-refractivity contribution in [3.05, 3.63) is 75.7 Å². The van der Waals surface area contributed by atoms with Gasteiger partial charge in [0.25, 0.3) is 11.5 Å². The van der Waals surface area contributed by atoms with Gasteiger partial charge in [-0.25, -0.2) is 4.68 Å². The van der Waals surface area contributed by atoms with Gasteiger partial charge in [0, 0.05) is 18.5 Å². The van der Waals surface area contributed by atoms with E-state index in [2.05, 4.69) is 21.4 Å². The fourth-order valence-electron chi connectivity index (χ4n) is 3.98. The minimum absolute atomic E-state index is 0.0287. The molecule has 0 spiro atoms. The highest BCUT2D eigenvalue weighted by Crippen LogP contribution is 2.16. The largest absolute Gasteiger partial charge is 0.364 e. The number of hydrogen-bond donors (Lipinski definition) is 2. The number of amides is 2. The van der Waals surface area contributed by atoms with Gasteiger partial charge in [-0.3, -0.25) is 19.3 Å². The molecule has 160 valence electrons. The highest BCUT2D eigenvalue weighted by Gasteiger charge is 2.17. The Hall–Kier alpha value is -3.52. The van der Waals surface area contributed by atoms with E-state index in [9.17, 15) is 14.4 Å². The van der Waals surface area contributed by atoms with Crippen LogP contribution in [-0.4, -0.2) is 39.6 Å². The number of aromatic nitrogens is 2. The molecule has 1 aliphatic heterocycles. The maximum atomic E-state index is 12.7. The van der Waals surface area contributed by atoms with E-state index in [4.69, 9.17) is 5.73 Å². The first-order valence-electron chi connectivity index (χ1n) is 10.4. The number of hydrogen-bond acceptors (Lipinski definition) is 5. The third-order valence-corrected chi connectivity index (χ3v) is 5.58. The Morgan fingerprint density at radius 1 is 0.968 bits per heavy atom. The van der Waals surface area contributed by atoms with Crippen molar-refractivity contribution in [3.8, 4) is 0 Å². The first-order chi connectivity index (χ1) is 15.0. The van der Waals surface area contributed by atoms with Crippen molar-refractivity contribution in [1.29, 1.82) is 0 Å². The Bertz CT molecular complexity index is 1180. The number of likely N-dealkylation sites (tertiary alicyclic amines) is 1. The zero-order valence-corrected chi connectivity index (χ0v) is 17.2. The van der Waals surface area contributed by atoms with Crippen LogP contribution in [-0.2, 0) is 24.4 Å². The molecule has 0 unspecified atom stereocenters. The van der Waals surface area contributed by atoms with Gasteiger partial charge in [0.15, 0.2) is 5.69 Å². The van der Waals surface area contributed by atoms with Crippen LogP contribution in [0.15, 0.2) is 53.3 Å². The summed E-state index contributed by atoms with van der Waals surface area (Å²) >= 11 is 0. The second kappa shape index (κ2) is 9.09. The number of nitrogens with zero attached hydrogens (tertiary/aromatic N) is 3. The summed E-state index contributed by atoms with van der Waals surface area (Å²) in [6.07, 6.45) is 2.44. The fraction of sp³-hybridized carbons (Fsp3) is 0.304. The first-order valence-corrected chi connectivity index (χ1v) is 10.4. The zero-order chi connectivity index (χ0) is 21.8. The SMILES string of the molecule is NC(=O)c1nn(CC(=O)NCc2ccccc2CN2CCCC2)c(=O)c2ccccc12. The smallest absolute Gasteiger partial charge is 0.275 e. The Morgan fingerprint density at radius 2 is 1.61 bits per heavy atom. The van der Waals surface area contributed by atoms with Gasteiger partial charge in [-0.05, 0) is 43.1 Å². The molecule has 0 radical (unpaired) electrons. The van der Waals surface area contributed by atoms with Gasteiger partial charge in [0.2, 0.25) is 5.91 Å². The van der Waals surface area contributed by atoms with Crippen molar-refractivity contribution >= 4 is 22.6 Å². The third kappa shape index (κ3) is 4.64. The second-order valence-electron chi connectivity index (χ2n) is 7.75. The second-order valence-corrected chi connectivity index (χ2v) is 7.75. The van der Waals surface area contributed by atoms with E-state index >= 15 is 0 Å². The van der Waals surface area contributed by atoms with Gasteiger partial charge in [-0.1, -0.05) is 42.5 Å². The van der Waals surface area contributed by atoms with Crippen LogP contribution in [0.2, 0.25) is 0 Å². The summed E-state index contributed by atoms with van der Waals surface area (Å²) < 4.78 is 0.994. The molecule has 4 rings (SSSR count). The molecule has 2 amide bonds. The van der Waals surface area contributed by atoms with Gasteiger partial charge in [-0.2, -0.15) is 5.10 Å². The molecule has 3 N–H and O–H groups in total. The Kier molecular flexibility index (Phi) is 6.08. The fourth-order valence-corrected chi connectivity index (χ4v) is 3.98. The van der Waals surface area contributed by atoms with E-state index in [1.54, 1.807) is 24.3 Å². The van der Waals surface area contributed by atoms with Crippen molar-refractivity contribution < 1.29 is 9.59 Å². The Morgan fingerprint density at radius 3 is 2.32 bits per heavy atom.